The van der Waals surface area contributed by atoms with Gasteiger partial charge in [-0.3, -0.25) is 0 Å². The third-order valence-electron chi connectivity index (χ3n) is 5.28. The fraction of sp³-hybridized carbons (Fsp3) is 1.00. The lowest BCUT2D eigenvalue weighted by atomic mass is 9.86. The highest BCUT2D eigenvalue weighted by atomic mass is 16.7. The van der Waals surface area contributed by atoms with Crippen LogP contribution in [0.5, 0.6) is 0 Å². The molecule has 2 rings (SSSR count). The highest BCUT2D eigenvalue weighted by molar-refractivity contribution is 4.86. The molecule has 0 amide bonds. The molecule has 4 unspecified atom stereocenters. The standard InChI is InChI=1S/C17H32O3/c1-3-13-11-14(4-2)15(12-13)16(18)7-5-8-17-19-9-6-10-20-17/h13-18H,3-12H2,1-2H3. The van der Waals surface area contributed by atoms with E-state index in [1.165, 1.54) is 25.7 Å². The molecule has 2 aliphatic rings. The van der Waals surface area contributed by atoms with Gasteiger partial charge in [0, 0.05) is 0 Å². The van der Waals surface area contributed by atoms with Crippen LogP contribution in [0.25, 0.3) is 0 Å². The monoisotopic (exact) mass is 284 g/mol. The highest BCUT2D eigenvalue weighted by Crippen LogP contribution is 2.42. The molecule has 1 N–H and O–H groups in total. The minimum atomic E-state index is -0.125. The first kappa shape index (κ1) is 16.3. The molecule has 0 bridgehead atoms. The van der Waals surface area contributed by atoms with Crippen molar-refractivity contribution in [1.82, 2.24) is 0 Å². The topological polar surface area (TPSA) is 38.7 Å². The molecule has 0 radical (unpaired) electrons. The molecule has 1 aliphatic carbocycles. The van der Waals surface area contributed by atoms with Gasteiger partial charge in [-0.05, 0) is 56.3 Å². The van der Waals surface area contributed by atoms with E-state index in [1.54, 1.807) is 0 Å². The molecule has 4 atom stereocenters. The maximum Gasteiger partial charge on any atom is 0.157 e. The van der Waals surface area contributed by atoms with Crippen molar-refractivity contribution in [1.29, 1.82) is 0 Å². The summed E-state index contributed by atoms with van der Waals surface area (Å²) in [6.45, 7) is 6.20. The van der Waals surface area contributed by atoms with Crippen LogP contribution >= 0.6 is 0 Å². The van der Waals surface area contributed by atoms with Crippen molar-refractivity contribution in [3.05, 3.63) is 0 Å². The zero-order chi connectivity index (χ0) is 14.4. The molecule has 0 aromatic rings. The molecule has 3 nitrogen and oxygen atoms in total. The van der Waals surface area contributed by atoms with Gasteiger partial charge in [0.2, 0.25) is 0 Å². The minimum absolute atomic E-state index is 0.0232. The Morgan fingerprint density at radius 2 is 1.85 bits per heavy atom. The van der Waals surface area contributed by atoms with E-state index in [-0.39, 0.29) is 12.4 Å². The summed E-state index contributed by atoms with van der Waals surface area (Å²) in [5.74, 6) is 2.10. The average molecular weight is 284 g/mol. The SMILES string of the molecule is CCC1CC(CC)C(C(O)CCCC2OCCCO2)C1. The summed E-state index contributed by atoms with van der Waals surface area (Å²) in [5.41, 5.74) is 0. The van der Waals surface area contributed by atoms with E-state index in [2.05, 4.69) is 13.8 Å². The van der Waals surface area contributed by atoms with Crippen molar-refractivity contribution in [2.45, 2.75) is 77.6 Å². The molecule has 1 aliphatic heterocycles. The maximum absolute atomic E-state index is 10.5. The molecule has 2 fully saturated rings. The van der Waals surface area contributed by atoms with Crippen LogP contribution in [-0.4, -0.2) is 30.7 Å². The number of rotatable bonds is 7. The fourth-order valence-corrected chi connectivity index (χ4v) is 3.96. The minimum Gasteiger partial charge on any atom is -0.393 e. The van der Waals surface area contributed by atoms with Crippen molar-refractivity contribution in [2.24, 2.45) is 17.8 Å². The van der Waals surface area contributed by atoms with Gasteiger partial charge < -0.3 is 14.6 Å². The lowest BCUT2D eigenvalue weighted by Gasteiger charge is -2.26. The van der Waals surface area contributed by atoms with Crippen molar-refractivity contribution >= 4 is 0 Å². The van der Waals surface area contributed by atoms with Crippen LogP contribution in [-0.2, 0) is 9.47 Å². The Hall–Kier alpha value is -0.120. The molecule has 0 aromatic carbocycles. The molecule has 20 heavy (non-hydrogen) atoms. The molecule has 1 heterocycles. The Morgan fingerprint density at radius 1 is 1.10 bits per heavy atom. The van der Waals surface area contributed by atoms with Gasteiger partial charge in [-0.2, -0.15) is 0 Å². The number of hydrogen-bond donors (Lipinski definition) is 1. The van der Waals surface area contributed by atoms with Crippen molar-refractivity contribution in [3.63, 3.8) is 0 Å². The molecule has 0 aromatic heterocycles. The van der Waals surface area contributed by atoms with E-state index in [0.29, 0.717) is 5.92 Å². The van der Waals surface area contributed by atoms with Gasteiger partial charge in [0.15, 0.2) is 6.29 Å². The lowest BCUT2D eigenvalue weighted by Crippen LogP contribution is -2.27. The lowest BCUT2D eigenvalue weighted by molar-refractivity contribution is -0.182. The van der Waals surface area contributed by atoms with Gasteiger partial charge in [0.05, 0.1) is 19.3 Å². The van der Waals surface area contributed by atoms with Gasteiger partial charge >= 0.3 is 0 Å². The average Bonchev–Trinajstić information content (AvgIpc) is 2.91. The largest absolute Gasteiger partial charge is 0.393 e. The summed E-state index contributed by atoms with van der Waals surface area (Å²) < 4.78 is 11.1. The predicted molar refractivity (Wildman–Crippen MR) is 80.5 cm³/mol. The van der Waals surface area contributed by atoms with Crippen LogP contribution in [0.1, 0.15) is 65.2 Å². The summed E-state index contributed by atoms with van der Waals surface area (Å²) in [5, 5.41) is 10.5. The van der Waals surface area contributed by atoms with Crippen LogP contribution in [0.3, 0.4) is 0 Å². The molecule has 1 saturated carbocycles. The van der Waals surface area contributed by atoms with Gasteiger partial charge in [-0.25, -0.2) is 0 Å². The van der Waals surface area contributed by atoms with Crippen LogP contribution in [0, 0.1) is 17.8 Å². The fourth-order valence-electron chi connectivity index (χ4n) is 3.96. The third-order valence-corrected chi connectivity index (χ3v) is 5.28. The van der Waals surface area contributed by atoms with Gasteiger partial charge in [-0.15, -0.1) is 0 Å². The number of ether oxygens (including phenoxy) is 2. The van der Waals surface area contributed by atoms with E-state index in [4.69, 9.17) is 9.47 Å². The summed E-state index contributed by atoms with van der Waals surface area (Å²) in [7, 11) is 0. The Morgan fingerprint density at radius 3 is 2.50 bits per heavy atom. The van der Waals surface area contributed by atoms with Crippen LogP contribution < -0.4 is 0 Å². The molecule has 1 saturated heterocycles. The number of aliphatic hydroxyl groups excluding tert-OH is 1. The molecular formula is C17H32O3. The zero-order valence-electron chi connectivity index (χ0n) is 13.2. The van der Waals surface area contributed by atoms with E-state index in [1.807, 2.05) is 0 Å². The van der Waals surface area contributed by atoms with E-state index in [9.17, 15) is 5.11 Å². The molecule has 118 valence electrons. The van der Waals surface area contributed by atoms with Gasteiger partial charge in [-0.1, -0.05) is 26.7 Å². The summed E-state index contributed by atoms with van der Waals surface area (Å²) in [6, 6.07) is 0. The second-order valence-corrected chi connectivity index (χ2v) is 6.60. The van der Waals surface area contributed by atoms with Gasteiger partial charge in [0.1, 0.15) is 0 Å². The second-order valence-electron chi connectivity index (χ2n) is 6.60. The molecule has 3 heteroatoms. The third kappa shape index (κ3) is 4.44. The van der Waals surface area contributed by atoms with Crippen molar-refractivity contribution in [3.8, 4) is 0 Å². The number of aliphatic hydroxyl groups is 1. The Labute approximate surface area is 124 Å². The maximum atomic E-state index is 10.5. The summed E-state index contributed by atoms with van der Waals surface area (Å²) in [6.07, 6.45) is 8.74. The quantitative estimate of drug-likeness (QED) is 0.774. The molecular weight excluding hydrogens is 252 g/mol. The Balaban J connectivity index is 1.69. The second kappa shape index (κ2) is 8.35. The normalized spacial score (nSPS) is 33.5. The zero-order valence-corrected chi connectivity index (χ0v) is 13.2. The van der Waals surface area contributed by atoms with Crippen molar-refractivity contribution in [2.75, 3.05) is 13.2 Å². The smallest absolute Gasteiger partial charge is 0.157 e. The first-order valence-electron chi connectivity index (χ1n) is 8.65. The van der Waals surface area contributed by atoms with Crippen LogP contribution in [0.2, 0.25) is 0 Å². The van der Waals surface area contributed by atoms with Crippen molar-refractivity contribution < 1.29 is 14.6 Å². The first-order chi connectivity index (χ1) is 9.74. The molecule has 0 spiro atoms. The Bertz CT molecular complexity index is 263. The van der Waals surface area contributed by atoms with Crippen LogP contribution in [0.4, 0.5) is 0 Å². The predicted octanol–water partition coefficient (Wildman–Crippen LogP) is 3.74. The Kier molecular flexibility index (Phi) is 6.79. The highest BCUT2D eigenvalue weighted by Gasteiger charge is 2.36. The van der Waals surface area contributed by atoms with E-state index < -0.39 is 0 Å². The summed E-state index contributed by atoms with van der Waals surface area (Å²) in [4.78, 5) is 0. The van der Waals surface area contributed by atoms with Crippen LogP contribution in [0.15, 0.2) is 0 Å². The first-order valence-corrected chi connectivity index (χ1v) is 8.65. The van der Waals surface area contributed by atoms with Gasteiger partial charge in [0.25, 0.3) is 0 Å². The summed E-state index contributed by atoms with van der Waals surface area (Å²) >= 11 is 0. The van der Waals surface area contributed by atoms with E-state index >= 15 is 0 Å². The number of hydrogen-bond acceptors (Lipinski definition) is 3. The van der Waals surface area contributed by atoms with E-state index in [0.717, 1.165) is 50.7 Å².